The molecule has 1 fully saturated rings. The number of likely N-dealkylation sites (tertiary alicyclic amines) is 1. The predicted molar refractivity (Wildman–Crippen MR) is 104 cm³/mol. The fourth-order valence-corrected chi connectivity index (χ4v) is 4.62. The lowest BCUT2D eigenvalue weighted by Crippen LogP contribution is -2.32. The minimum absolute atomic E-state index is 0.00228. The molecule has 8 heteroatoms. The van der Waals surface area contributed by atoms with Gasteiger partial charge in [0.05, 0.1) is 17.3 Å². The van der Waals surface area contributed by atoms with Gasteiger partial charge in [0.25, 0.3) is 5.91 Å². The first-order valence-electron chi connectivity index (χ1n) is 10.2. The van der Waals surface area contributed by atoms with Gasteiger partial charge in [-0.3, -0.25) is 9.48 Å². The first-order valence-corrected chi connectivity index (χ1v) is 10.2. The minimum Gasteiger partial charge on any atom is -0.328 e. The van der Waals surface area contributed by atoms with E-state index in [1.54, 1.807) is 10.9 Å². The summed E-state index contributed by atoms with van der Waals surface area (Å²) in [7, 11) is 1.87. The molecule has 146 valence electrons. The lowest BCUT2D eigenvalue weighted by atomic mass is 10.1. The van der Waals surface area contributed by atoms with Gasteiger partial charge in [-0.2, -0.15) is 5.10 Å². The van der Waals surface area contributed by atoms with Crippen LogP contribution in [0.1, 0.15) is 65.8 Å². The standard InChI is InChI=1S/C20H25N7O/c1-13-15-11-14(12-21-18(15)25(2)24-13)20(28)26-10-6-7-16(26)19-23-22-17-8-4-3-5-9-27(17)19/h11-12,16H,3-10H2,1-2H3/t16-/m1/s1. The molecule has 1 atom stereocenters. The Morgan fingerprint density at radius 3 is 2.93 bits per heavy atom. The fraction of sp³-hybridized carbons (Fsp3) is 0.550. The molecule has 3 aromatic rings. The average Bonchev–Trinajstić information content (AvgIpc) is 3.35. The van der Waals surface area contributed by atoms with Crippen molar-refractivity contribution in [2.24, 2.45) is 7.05 Å². The highest BCUT2D eigenvalue weighted by Crippen LogP contribution is 2.33. The highest BCUT2D eigenvalue weighted by molar-refractivity contribution is 5.97. The van der Waals surface area contributed by atoms with Crippen LogP contribution in [0.4, 0.5) is 0 Å². The van der Waals surface area contributed by atoms with Gasteiger partial charge >= 0.3 is 0 Å². The molecule has 0 saturated carbocycles. The van der Waals surface area contributed by atoms with Crippen LogP contribution in [0.15, 0.2) is 12.3 Å². The summed E-state index contributed by atoms with van der Waals surface area (Å²) < 4.78 is 4.01. The van der Waals surface area contributed by atoms with E-state index in [2.05, 4.69) is 24.8 Å². The van der Waals surface area contributed by atoms with Gasteiger partial charge in [-0.25, -0.2) is 4.98 Å². The Kier molecular flexibility index (Phi) is 4.14. The van der Waals surface area contributed by atoms with Crippen LogP contribution >= 0.6 is 0 Å². The van der Waals surface area contributed by atoms with Crippen molar-refractivity contribution < 1.29 is 4.79 Å². The third-order valence-corrected chi connectivity index (χ3v) is 6.06. The molecule has 1 amide bonds. The first-order chi connectivity index (χ1) is 13.6. The number of pyridine rings is 1. The SMILES string of the molecule is Cc1nn(C)c2ncc(C(=O)N3CCC[C@@H]3c3nnc4n3CCCCC4)cc12. The first kappa shape index (κ1) is 17.3. The van der Waals surface area contributed by atoms with Gasteiger partial charge in [0, 0.05) is 38.1 Å². The zero-order valence-corrected chi connectivity index (χ0v) is 16.4. The lowest BCUT2D eigenvalue weighted by Gasteiger charge is -2.24. The molecule has 0 bridgehead atoms. The number of carbonyl (C=O) groups is 1. The Hall–Kier alpha value is -2.77. The van der Waals surface area contributed by atoms with E-state index in [-0.39, 0.29) is 11.9 Å². The summed E-state index contributed by atoms with van der Waals surface area (Å²) in [5, 5.41) is 14.3. The molecule has 5 rings (SSSR count). The van der Waals surface area contributed by atoms with E-state index in [1.807, 2.05) is 24.9 Å². The molecule has 1 saturated heterocycles. The Morgan fingerprint density at radius 1 is 1.14 bits per heavy atom. The summed E-state index contributed by atoms with van der Waals surface area (Å²) in [5.41, 5.74) is 2.31. The van der Waals surface area contributed by atoms with Crippen molar-refractivity contribution in [1.29, 1.82) is 0 Å². The maximum Gasteiger partial charge on any atom is 0.256 e. The normalized spacial score (nSPS) is 19.8. The zero-order chi connectivity index (χ0) is 19.3. The Morgan fingerprint density at radius 2 is 2.04 bits per heavy atom. The van der Waals surface area contributed by atoms with Crippen LogP contribution < -0.4 is 0 Å². The van der Waals surface area contributed by atoms with Crippen LogP contribution in [0.5, 0.6) is 0 Å². The Bertz CT molecular complexity index is 1050. The third kappa shape index (κ3) is 2.70. The molecule has 0 unspecified atom stereocenters. The number of nitrogens with zero attached hydrogens (tertiary/aromatic N) is 7. The molecule has 2 aliphatic heterocycles. The molecule has 5 heterocycles. The topological polar surface area (TPSA) is 81.7 Å². The average molecular weight is 379 g/mol. The molecular formula is C20H25N7O. The molecule has 8 nitrogen and oxygen atoms in total. The van der Waals surface area contributed by atoms with Gasteiger partial charge < -0.3 is 9.47 Å². The summed E-state index contributed by atoms with van der Waals surface area (Å²) in [6.45, 7) is 3.65. The molecule has 0 spiro atoms. The number of carbonyl (C=O) groups excluding carboxylic acids is 1. The van der Waals surface area contributed by atoms with E-state index in [0.717, 1.165) is 67.1 Å². The van der Waals surface area contributed by atoms with Crippen molar-refractivity contribution in [1.82, 2.24) is 34.4 Å². The van der Waals surface area contributed by atoms with Crippen LogP contribution in [0.25, 0.3) is 11.0 Å². The van der Waals surface area contributed by atoms with Crippen molar-refractivity contribution in [3.8, 4) is 0 Å². The van der Waals surface area contributed by atoms with Crippen LogP contribution in [0.2, 0.25) is 0 Å². The van der Waals surface area contributed by atoms with E-state index < -0.39 is 0 Å². The fourth-order valence-electron chi connectivity index (χ4n) is 4.62. The Balaban J connectivity index is 1.48. The maximum absolute atomic E-state index is 13.4. The van der Waals surface area contributed by atoms with Gasteiger partial charge in [0.1, 0.15) is 5.82 Å². The summed E-state index contributed by atoms with van der Waals surface area (Å²) in [4.78, 5) is 19.8. The maximum atomic E-state index is 13.4. The molecule has 3 aromatic heterocycles. The Labute approximate surface area is 163 Å². The number of fused-ring (bicyclic) bond motifs is 2. The second kappa shape index (κ2) is 6.68. The largest absolute Gasteiger partial charge is 0.328 e. The number of rotatable bonds is 2. The molecule has 28 heavy (non-hydrogen) atoms. The smallest absolute Gasteiger partial charge is 0.256 e. The summed E-state index contributed by atoms with van der Waals surface area (Å²) >= 11 is 0. The predicted octanol–water partition coefficient (Wildman–Crippen LogP) is 2.57. The molecule has 0 radical (unpaired) electrons. The van der Waals surface area contributed by atoms with Crippen LogP contribution in [0, 0.1) is 6.92 Å². The zero-order valence-electron chi connectivity index (χ0n) is 16.4. The van der Waals surface area contributed by atoms with E-state index in [0.29, 0.717) is 5.56 Å². The van der Waals surface area contributed by atoms with E-state index in [4.69, 9.17) is 0 Å². The molecular weight excluding hydrogens is 354 g/mol. The van der Waals surface area contributed by atoms with Crippen molar-refractivity contribution in [3.05, 3.63) is 35.2 Å². The van der Waals surface area contributed by atoms with Gasteiger partial charge in [0.2, 0.25) is 0 Å². The number of aryl methyl sites for hydroxylation is 3. The number of hydrogen-bond donors (Lipinski definition) is 0. The van der Waals surface area contributed by atoms with Gasteiger partial charge in [-0.1, -0.05) is 6.42 Å². The van der Waals surface area contributed by atoms with Crippen molar-refractivity contribution in [2.75, 3.05) is 6.54 Å². The second-order valence-electron chi connectivity index (χ2n) is 7.90. The van der Waals surface area contributed by atoms with Gasteiger partial charge in [0.15, 0.2) is 11.5 Å². The highest BCUT2D eigenvalue weighted by atomic mass is 16.2. The summed E-state index contributed by atoms with van der Waals surface area (Å²) in [6, 6.07) is 1.92. The van der Waals surface area contributed by atoms with E-state index in [9.17, 15) is 4.79 Å². The number of amides is 1. The monoisotopic (exact) mass is 379 g/mol. The molecule has 0 aliphatic carbocycles. The van der Waals surface area contributed by atoms with Crippen LogP contribution in [-0.2, 0) is 20.0 Å². The van der Waals surface area contributed by atoms with Gasteiger partial charge in [-0.15, -0.1) is 10.2 Å². The quantitative estimate of drug-likeness (QED) is 0.683. The number of aromatic nitrogens is 6. The van der Waals surface area contributed by atoms with Crippen LogP contribution in [-0.4, -0.2) is 46.9 Å². The molecule has 0 aromatic carbocycles. The summed E-state index contributed by atoms with van der Waals surface area (Å²) in [5.74, 6) is 2.04. The van der Waals surface area contributed by atoms with Gasteiger partial charge in [-0.05, 0) is 38.7 Å². The van der Waals surface area contributed by atoms with E-state index >= 15 is 0 Å². The number of hydrogen-bond acceptors (Lipinski definition) is 5. The molecule has 0 N–H and O–H groups in total. The third-order valence-electron chi connectivity index (χ3n) is 6.06. The van der Waals surface area contributed by atoms with Crippen molar-refractivity contribution >= 4 is 16.9 Å². The van der Waals surface area contributed by atoms with E-state index in [1.165, 1.54) is 12.8 Å². The lowest BCUT2D eigenvalue weighted by molar-refractivity contribution is 0.0727. The molecule has 2 aliphatic rings. The van der Waals surface area contributed by atoms with Crippen molar-refractivity contribution in [3.63, 3.8) is 0 Å². The highest BCUT2D eigenvalue weighted by Gasteiger charge is 2.35. The minimum atomic E-state index is -0.00228. The van der Waals surface area contributed by atoms with Crippen molar-refractivity contribution in [2.45, 2.75) is 58.0 Å². The summed E-state index contributed by atoms with van der Waals surface area (Å²) in [6.07, 6.45) is 8.12. The van der Waals surface area contributed by atoms with Crippen LogP contribution in [0.3, 0.4) is 0 Å². The second-order valence-corrected chi connectivity index (χ2v) is 7.90.